The molecule has 3 N–H and O–H groups in total. The summed E-state index contributed by atoms with van der Waals surface area (Å²) >= 11 is 0. The lowest BCUT2D eigenvalue weighted by atomic mass is 10.0. The molecule has 92 valence electrons. The van der Waals surface area contributed by atoms with E-state index in [1.807, 2.05) is 6.07 Å². The Morgan fingerprint density at radius 2 is 2.24 bits per heavy atom. The van der Waals surface area contributed by atoms with E-state index < -0.39 is 11.9 Å². The Morgan fingerprint density at radius 3 is 2.88 bits per heavy atom. The van der Waals surface area contributed by atoms with Crippen LogP contribution in [-0.2, 0) is 4.79 Å². The second-order valence-corrected chi connectivity index (χ2v) is 4.55. The molecule has 1 atom stereocenters. The van der Waals surface area contributed by atoms with Gasteiger partial charge in [0.2, 0.25) is 11.9 Å². The van der Waals surface area contributed by atoms with E-state index in [1.165, 1.54) is 25.7 Å². The smallest absolute Gasteiger partial charge is 0.239 e. The third kappa shape index (κ3) is 2.93. The van der Waals surface area contributed by atoms with Crippen molar-refractivity contribution < 1.29 is 4.79 Å². The Kier molecular flexibility index (Phi) is 3.56. The summed E-state index contributed by atoms with van der Waals surface area (Å²) in [6.07, 6.45) is 6.67. The summed E-state index contributed by atoms with van der Waals surface area (Å²) < 4.78 is 0. The molecule has 5 heteroatoms. The standard InChI is InChI=1S/C12H18N4O/c1-8(11(13)17)15-12-14-7-6-10(16-12)9-4-2-3-5-9/h6-9H,2-5H2,1H3,(H2,13,17)(H,14,15,16)/t8-/m1/s1. The number of rotatable bonds is 4. The van der Waals surface area contributed by atoms with E-state index in [9.17, 15) is 4.79 Å². The third-order valence-corrected chi connectivity index (χ3v) is 3.22. The average molecular weight is 234 g/mol. The number of amides is 1. The molecule has 1 amide bonds. The summed E-state index contributed by atoms with van der Waals surface area (Å²) in [5.74, 6) is 0.628. The van der Waals surface area contributed by atoms with Gasteiger partial charge in [0.15, 0.2) is 0 Å². The lowest BCUT2D eigenvalue weighted by Crippen LogP contribution is -2.33. The van der Waals surface area contributed by atoms with Gasteiger partial charge >= 0.3 is 0 Å². The van der Waals surface area contributed by atoms with Crippen LogP contribution >= 0.6 is 0 Å². The van der Waals surface area contributed by atoms with Gasteiger partial charge in [0.05, 0.1) is 0 Å². The van der Waals surface area contributed by atoms with Crippen molar-refractivity contribution >= 4 is 11.9 Å². The minimum absolute atomic E-state index is 0.403. The second kappa shape index (κ2) is 5.12. The molecule has 17 heavy (non-hydrogen) atoms. The normalized spacial score (nSPS) is 17.9. The summed E-state index contributed by atoms with van der Waals surface area (Å²) in [7, 11) is 0. The molecule has 0 aliphatic heterocycles. The first-order chi connectivity index (χ1) is 8.16. The van der Waals surface area contributed by atoms with Gasteiger partial charge in [0.25, 0.3) is 0 Å². The van der Waals surface area contributed by atoms with Crippen LogP contribution in [-0.4, -0.2) is 21.9 Å². The van der Waals surface area contributed by atoms with Crippen LogP contribution in [0.3, 0.4) is 0 Å². The Hall–Kier alpha value is -1.65. The number of nitrogens with two attached hydrogens (primary N) is 1. The van der Waals surface area contributed by atoms with E-state index in [-0.39, 0.29) is 0 Å². The van der Waals surface area contributed by atoms with E-state index in [0.717, 1.165) is 5.69 Å². The van der Waals surface area contributed by atoms with Gasteiger partial charge in [0, 0.05) is 17.8 Å². The number of carbonyl (C=O) groups excluding carboxylic acids is 1. The third-order valence-electron chi connectivity index (χ3n) is 3.22. The molecular weight excluding hydrogens is 216 g/mol. The van der Waals surface area contributed by atoms with Crippen LogP contribution in [0.25, 0.3) is 0 Å². The molecule has 0 radical (unpaired) electrons. The molecule has 0 aromatic carbocycles. The fourth-order valence-corrected chi connectivity index (χ4v) is 2.16. The number of hydrogen-bond donors (Lipinski definition) is 2. The number of nitrogens with one attached hydrogen (secondary N) is 1. The molecule has 0 saturated heterocycles. The van der Waals surface area contributed by atoms with Crippen molar-refractivity contribution in [2.45, 2.75) is 44.6 Å². The van der Waals surface area contributed by atoms with Gasteiger partial charge in [-0.15, -0.1) is 0 Å². The van der Waals surface area contributed by atoms with Crippen molar-refractivity contribution in [2.24, 2.45) is 5.73 Å². The summed E-state index contributed by atoms with van der Waals surface area (Å²) in [5, 5.41) is 2.91. The average Bonchev–Trinajstić information content (AvgIpc) is 2.82. The highest BCUT2D eigenvalue weighted by molar-refractivity contribution is 5.81. The Morgan fingerprint density at radius 1 is 1.53 bits per heavy atom. The number of primary amides is 1. The predicted octanol–water partition coefficient (Wildman–Crippen LogP) is 1.42. The molecule has 1 heterocycles. The van der Waals surface area contributed by atoms with E-state index >= 15 is 0 Å². The van der Waals surface area contributed by atoms with Crippen LogP contribution in [0.5, 0.6) is 0 Å². The van der Waals surface area contributed by atoms with E-state index in [1.54, 1.807) is 13.1 Å². The number of hydrogen-bond acceptors (Lipinski definition) is 4. The quantitative estimate of drug-likeness (QED) is 0.825. The Balaban J connectivity index is 2.08. The minimum Gasteiger partial charge on any atom is -0.368 e. The van der Waals surface area contributed by atoms with Crippen molar-refractivity contribution in [3.63, 3.8) is 0 Å². The van der Waals surface area contributed by atoms with E-state index in [0.29, 0.717) is 11.9 Å². The zero-order chi connectivity index (χ0) is 12.3. The molecule has 5 nitrogen and oxygen atoms in total. The molecule has 0 bridgehead atoms. The van der Waals surface area contributed by atoms with Gasteiger partial charge in [0.1, 0.15) is 6.04 Å². The zero-order valence-electron chi connectivity index (χ0n) is 10.0. The molecule has 1 aromatic heterocycles. The zero-order valence-corrected chi connectivity index (χ0v) is 10.0. The molecule has 1 aromatic rings. The number of aromatic nitrogens is 2. The largest absolute Gasteiger partial charge is 0.368 e. The van der Waals surface area contributed by atoms with Crippen molar-refractivity contribution in [1.29, 1.82) is 0 Å². The molecule has 0 spiro atoms. The maximum Gasteiger partial charge on any atom is 0.239 e. The molecule has 2 rings (SSSR count). The Bertz CT molecular complexity index is 401. The highest BCUT2D eigenvalue weighted by Crippen LogP contribution is 2.32. The van der Waals surface area contributed by atoms with Crippen LogP contribution in [0.15, 0.2) is 12.3 Å². The van der Waals surface area contributed by atoms with Crippen molar-refractivity contribution in [3.8, 4) is 0 Å². The van der Waals surface area contributed by atoms with E-state index in [2.05, 4.69) is 15.3 Å². The number of carbonyl (C=O) groups is 1. The SMILES string of the molecule is C[C@@H](Nc1nccc(C2CCCC2)n1)C(N)=O. The molecule has 1 aliphatic rings. The maximum absolute atomic E-state index is 10.9. The summed E-state index contributed by atoms with van der Waals surface area (Å²) in [5.41, 5.74) is 6.25. The molecular formula is C12H18N4O. The summed E-state index contributed by atoms with van der Waals surface area (Å²) in [6, 6.07) is 1.50. The molecule has 1 aliphatic carbocycles. The van der Waals surface area contributed by atoms with E-state index in [4.69, 9.17) is 5.73 Å². The minimum atomic E-state index is -0.450. The highest BCUT2D eigenvalue weighted by atomic mass is 16.1. The van der Waals surface area contributed by atoms with Crippen LogP contribution < -0.4 is 11.1 Å². The highest BCUT2D eigenvalue weighted by Gasteiger charge is 2.19. The fourth-order valence-electron chi connectivity index (χ4n) is 2.16. The van der Waals surface area contributed by atoms with Crippen molar-refractivity contribution in [2.75, 3.05) is 5.32 Å². The lowest BCUT2D eigenvalue weighted by molar-refractivity contribution is -0.118. The van der Waals surface area contributed by atoms with Crippen LogP contribution in [0.2, 0.25) is 0 Å². The monoisotopic (exact) mass is 234 g/mol. The van der Waals surface area contributed by atoms with Crippen molar-refractivity contribution in [1.82, 2.24) is 9.97 Å². The van der Waals surface area contributed by atoms with Crippen molar-refractivity contribution in [3.05, 3.63) is 18.0 Å². The number of anilines is 1. The fraction of sp³-hybridized carbons (Fsp3) is 0.583. The van der Waals surface area contributed by atoms with Crippen LogP contribution in [0.1, 0.15) is 44.2 Å². The Labute approximate surface area is 101 Å². The van der Waals surface area contributed by atoms with Gasteiger partial charge < -0.3 is 11.1 Å². The second-order valence-electron chi connectivity index (χ2n) is 4.55. The first-order valence-corrected chi connectivity index (χ1v) is 6.05. The summed E-state index contributed by atoms with van der Waals surface area (Å²) in [6.45, 7) is 1.70. The molecule has 1 saturated carbocycles. The first-order valence-electron chi connectivity index (χ1n) is 6.05. The molecule has 0 unspecified atom stereocenters. The number of nitrogens with zero attached hydrogens (tertiary/aromatic N) is 2. The van der Waals surface area contributed by atoms with Gasteiger partial charge in [-0.1, -0.05) is 12.8 Å². The van der Waals surface area contributed by atoms with Gasteiger partial charge in [-0.25, -0.2) is 9.97 Å². The summed E-state index contributed by atoms with van der Waals surface area (Å²) in [4.78, 5) is 19.5. The van der Waals surface area contributed by atoms with Gasteiger partial charge in [-0.2, -0.15) is 0 Å². The van der Waals surface area contributed by atoms with Gasteiger partial charge in [-0.05, 0) is 25.8 Å². The lowest BCUT2D eigenvalue weighted by Gasteiger charge is -2.12. The van der Waals surface area contributed by atoms with Crippen LogP contribution in [0, 0.1) is 0 Å². The maximum atomic E-state index is 10.9. The predicted molar refractivity (Wildman–Crippen MR) is 65.5 cm³/mol. The van der Waals surface area contributed by atoms with Gasteiger partial charge in [-0.3, -0.25) is 4.79 Å². The topological polar surface area (TPSA) is 80.9 Å². The molecule has 1 fully saturated rings. The first kappa shape index (κ1) is 11.8. The van der Waals surface area contributed by atoms with Crippen LogP contribution in [0.4, 0.5) is 5.95 Å².